The van der Waals surface area contributed by atoms with Crippen molar-refractivity contribution < 1.29 is 0 Å². The molecule has 0 amide bonds. The van der Waals surface area contributed by atoms with Crippen molar-refractivity contribution in [2.75, 3.05) is 0 Å². The monoisotopic (exact) mass is 299 g/mol. The van der Waals surface area contributed by atoms with E-state index in [1.54, 1.807) is 0 Å². The maximum absolute atomic E-state index is 6.51. The second-order valence-electron chi connectivity index (χ2n) is 5.58. The third-order valence-electron chi connectivity index (χ3n) is 4.10. The fraction of sp³-hybridized carbons (Fsp3) is 0.0500. The standard InChI is InChI=1S/C20H17N3/c21-19(14-8-2-1-3-9-14)15-10-4-5-11-16(15)20-22-17-12-6-7-13-18(17)23-20/h1-13,19H,21H2,(H,22,23). The molecule has 0 fully saturated rings. The van der Waals surface area contributed by atoms with Crippen LogP contribution in [-0.4, -0.2) is 9.97 Å². The number of fused-ring (bicyclic) bond motifs is 1. The van der Waals surface area contributed by atoms with Gasteiger partial charge in [0.2, 0.25) is 0 Å². The summed E-state index contributed by atoms with van der Waals surface area (Å²) in [5.41, 5.74) is 11.7. The molecule has 112 valence electrons. The number of aromatic nitrogens is 2. The number of rotatable bonds is 3. The normalized spacial score (nSPS) is 12.4. The number of hydrogen-bond donors (Lipinski definition) is 2. The summed E-state index contributed by atoms with van der Waals surface area (Å²) in [6, 6.07) is 26.2. The third-order valence-corrected chi connectivity index (χ3v) is 4.10. The van der Waals surface area contributed by atoms with Crippen molar-refractivity contribution in [3.63, 3.8) is 0 Å². The van der Waals surface area contributed by atoms with E-state index in [0.29, 0.717) is 0 Å². The molecule has 1 atom stereocenters. The Balaban J connectivity index is 1.84. The van der Waals surface area contributed by atoms with Crippen molar-refractivity contribution in [1.82, 2.24) is 9.97 Å². The molecule has 0 saturated carbocycles. The lowest BCUT2D eigenvalue weighted by molar-refractivity contribution is 0.872. The molecule has 0 saturated heterocycles. The van der Waals surface area contributed by atoms with E-state index >= 15 is 0 Å². The van der Waals surface area contributed by atoms with Gasteiger partial charge in [-0.2, -0.15) is 0 Å². The van der Waals surface area contributed by atoms with E-state index < -0.39 is 0 Å². The van der Waals surface area contributed by atoms with Crippen molar-refractivity contribution in [2.24, 2.45) is 5.73 Å². The van der Waals surface area contributed by atoms with E-state index in [1.807, 2.05) is 54.6 Å². The highest BCUT2D eigenvalue weighted by atomic mass is 14.9. The van der Waals surface area contributed by atoms with Crippen LogP contribution in [0.15, 0.2) is 78.9 Å². The van der Waals surface area contributed by atoms with Crippen molar-refractivity contribution in [3.8, 4) is 11.4 Å². The van der Waals surface area contributed by atoms with E-state index in [9.17, 15) is 0 Å². The number of benzene rings is 3. The summed E-state index contributed by atoms with van der Waals surface area (Å²) < 4.78 is 0. The predicted molar refractivity (Wildman–Crippen MR) is 94.0 cm³/mol. The summed E-state index contributed by atoms with van der Waals surface area (Å²) in [5.74, 6) is 0.855. The van der Waals surface area contributed by atoms with Gasteiger partial charge in [-0.05, 0) is 23.3 Å². The predicted octanol–water partition coefficient (Wildman–Crippen LogP) is 4.28. The lowest BCUT2D eigenvalue weighted by atomic mass is 9.95. The topological polar surface area (TPSA) is 54.7 Å². The molecular weight excluding hydrogens is 282 g/mol. The molecule has 3 aromatic carbocycles. The van der Waals surface area contributed by atoms with Crippen LogP contribution < -0.4 is 5.73 Å². The Kier molecular flexibility index (Phi) is 3.41. The number of aromatic amines is 1. The fourth-order valence-corrected chi connectivity index (χ4v) is 2.90. The van der Waals surface area contributed by atoms with Crippen LogP contribution in [0.4, 0.5) is 0 Å². The van der Waals surface area contributed by atoms with E-state index in [-0.39, 0.29) is 6.04 Å². The van der Waals surface area contributed by atoms with Gasteiger partial charge in [0.25, 0.3) is 0 Å². The average molecular weight is 299 g/mol. The Bertz CT molecular complexity index is 908. The number of H-pyrrole nitrogens is 1. The van der Waals surface area contributed by atoms with Crippen molar-refractivity contribution in [2.45, 2.75) is 6.04 Å². The summed E-state index contributed by atoms with van der Waals surface area (Å²) in [6.45, 7) is 0. The zero-order valence-corrected chi connectivity index (χ0v) is 12.6. The van der Waals surface area contributed by atoms with Gasteiger partial charge in [-0.15, -0.1) is 0 Å². The number of imidazole rings is 1. The van der Waals surface area contributed by atoms with E-state index in [2.05, 4.69) is 29.2 Å². The van der Waals surface area contributed by atoms with Gasteiger partial charge in [-0.25, -0.2) is 4.98 Å². The third kappa shape index (κ3) is 2.51. The summed E-state index contributed by atoms with van der Waals surface area (Å²) in [5, 5.41) is 0. The van der Waals surface area contributed by atoms with Crippen LogP contribution in [0.2, 0.25) is 0 Å². The van der Waals surface area contributed by atoms with Gasteiger partial charge in [0.05, 0.1) is 17.1 Å². The van der Waals surface area contributed by atoms with Crippen LogP contribution >= 0.6 is 0 Å². The molecule has 23 heavy (non-hydrogen) atoms. The van der Waals surface area contributed by atoms with E-state index in [4.69, 9.17) is 10.7 Å². The van der Waals surface area contributed by atoms with Gasteiger partial charge in [0.1, 0.15) is 5.82 Å². The SMILES string of the molecule is NC(c1ccccc1)c1ccccc1-c1nc2ccccc2[nH]1. The summed E-state index contributed by atoms with van der Waals surface area (Å²) >= 11 is 0. The number of nitrogens with zero attached hydrogens (tertiary/aromatic N) is 1. The average Bonchev–Trinajstić information content (AvgIpc) is 3.06. The highest BCUT2D eigenvalue weighted by Crippen LogP contribution is 2.30. The molecule has 0 aliphatic heterocycles. The van der Waals surface area contributed by atoms with Crippen LogP contribution in [0.1, 0.15) is 17.2 Å². The molecule has 0 radical (unpaired) electrons. The first-order valence-corrected chi connectivity index (χ1v) is 7.67. The van der Waals surface area contributed by atoms with Gasteiger partial charge in [0, 0.05) is 5.56 Å². The van der Waals surface area contributed by atoms with Gasteiger partial charge >= 0.3 is 0 Å². The molecule has 3 heteroatoms. The molecule has 3 nitrogen and oxygen atoms in total. The zero-order chi connectivity index (χ0) is 15.6. The molecule has 0 bridgehead atoms. The highest BCUT2D eigenvalue weighted by Gasteiger charge is 2.15. The van der Waals surface area contributed by atoms with Crippen molar-refractivity contribution in [1.29, 1.82) is 0 Å². The Labute approximate surface area is 134 Å². The summed E-state index contributed by atoms with van der Waals surface area (Å²) in [6.07, 6.45) is 0. The quantitative estimate of drug-likeness (QED) is 0.593. The Hall–Kier alpha value is -2.91. The first-order valence-electron chi connectivity index (χ1n) is 7.67. The molecule has 1 heterocycles. The fourth-order valence-electron chi connectivity index (χ4n) is 2.90. The first kappa shape index (κ1) is 13.7. The van der Waals surface area contributed by atoms with Crippen molar-refractivity contribution in [3.05, 3.63) is 90.0 Å². The van der Waals surface area contributed by atoms with Gasteiger partial charge < -0.3 is 10.7 Å². The van der Waals surface area contributed by atoms with E-state index in [1.165, 1.54) is 0 Å². The summed E-state index contributed by atoms with van der Waals surface area (Å²) in [7, 11) is 0. The minimum Gasteiger partial charge on any atom is -0.338 e. The van der Waals surface area contributed by atoms with Gasteiger partial charge in [0.15, 0.2) is 0 Å². The molecule has 0 spiro atoms. The van der Waals surface area contributed by atoms with Crippen LogP contribution in [-0.2, 0) is 0 Å². The number of nitrogens with two attached hydrogens (primary N) is 1. The molecule has 0 aliphatic carbocycles. The smallest absolute Gasteiger partial charge is 0.138 e. The lowest BCUT2D eigenvalue weighted by Crippen LogP contribution is -2.13. The number of para-hydroxylation sites is 2. The van der Waals surface area contributed by atoms with Crippen LogP contribution in [0.5, 0.6) is 0 Å². The molecule has 3 N–H and O–H groups in total. The number of nitrogens with one attached hydrogen (secondary N) is 1. The highest BCUT2D eigenvalue weighted by molar-refractivity contribution is 5.80. The molecule has 4 rings (SSSR count). The van der Waals surface area contributed by atoms with Gasteiger partial charge in [-0.1, -0.05) is 66.7 Å². The number of hydrogen-bond acceptors (Lipinski definition) is 2. The Morgan fingerprint density at radius 1 is 0.783 bits per heavy atom. The van der Waals surface area contributed by atoms with Crippen LogP contribution in [0.25, 0.3) is 22.4 Å². The maximum Gasteiger partial charge on any atom is 0.138 e. The van der Waals surface area contributed by atoms with Crippen molar-refractivity contribution >= 4 is 11.0 Å². The van der Waals surface area contributed by atoms with Crippen LogP contribution in [0, 0.1) is 0 Å². The molecule has 4 aromatic rings. The Morgan fingerprint density at radius 3 is 2.30 bits per heavy atom. The molecule has 1 aromatic heterocycles. The molecule has 1 unspecified atom stereocenters. The Morgan fingerprint density at radius 2 is 1.48 bits per heavy atom. The second kappa shape index (κ2) is 5.71. The zero-order valence-electron chi connectivity index (χ0n) is 12.6. The first-order chi connectivity index (χ1) is 11.3. The molecular formula is C20H17N3. The second-order valence-corrected chi connectivity index (χ2v) is 5.58. The maximum atomic E-state index is 6.51. The minimum absolute atomic E-state index is 0.180. The largest absolute Gasteiger partial charge is 0.338 e. The van der Waals surface area contributed by atoms with Gasteiger partial charge in [-0.3, -0.25) is 0 Å². The van der Waals surface area contributed by atoms with E-state index in [0.717, 1.165) is 33.5 Å². The molecule has 0 aliphatic rings. The lowest BCUT2D eigenvalue weighted by Gasteiger charge is -2.15. The van der Waals surface area contributed by atoms with Crippen LogP contribution in [0.3, 0.4) is 0 Å². The summed E-state index contributed by atoms with van der Waals surface area (Å²) in [4.78, 5) is 8.10. The minimum atomic E-state index is -0.180.